The Morgan fingerprint density at radius 1 is 1.08 bits per heavy atom. The monoisotopic (exact) mass is 515 g/mol. The molecule has 0 saturated carbocycles. The van der Waals surface area contributed by atoms with Gasteiger partial charge in [0.25, 0.3) is 5.91 Å². The molecule has 6 nitrogen and oxygen atoms in total. The van der Waals surface area contributed by atoms with Gasteiger partial charge in [-0.2, -0.15) is 0 Å². The van der Waals surface area contributed by atoms with Crippen molar-refractivity contribution >= 4 is 62.4 Å². The molecule has 1 heterocycles. The topological polar surface area (TPSA) is 87.4 Å². The van der Waals surface area contributed by atoms with Gasteiger partial charge < -0.3 is 14.8 Å². The SMILES string of the molecule is CCc1ccc2oc(-c3cc(NC(=S)NC(=O)c4cccc5c(Cl)cccc45)cc(C)c3O)nc2c1. The number of oxazole rings is 1. The maximum absolute atomic E-state index is 13.0. The highest BCUT2D eigenvalue weighted by molar-refractivity contribution is 7.80. The predicted octanol–water partition coefficient (Wildman–Crippen LogP) is 7.00. The van der Waals surface area contributed by atoms with Gasteiger partial charge in [0, 0.05) is 21.7 Å². The first-order valence-corrected chi connectivity index (χ1v) is 12.2. The third kappa shape index (κ3) is 4.51. The van der Waals surface area contributed by atoms with Crippen LogP contribution in [-0.4, -0.2) is 21.1 Å². The molecule has 5 rings (SSSR count). The lowest BCUT2D eigenvalue weighted by molar-refractivity contribution is 0.0979. The van der Waals surface area contributed by atoms with Gasteiger partial charge >= 0.3 is 0 Å². The van der Waals surface area contributed by atoms with E-state index in [1.54, 1.807) is 43.3 Å². The lowest BCUT2D eigenvalue weighted by Crippen LogP contribution is -2.34. The van der Waals surface area contributed by atoms with Crippen molar-refractivity contribution < 1.29 is 14.3 Å². The van der Waals surface area contributed by atoms with Gasteiger partial charge in [0.2, 0.25) is 5.89 Å². The number of nitrogens with zero attached hydrogens (tertiary/aromatic N) is 1. The number of aryl methyl sites for hydroxylation is 2. The van der Waals surface area contributed by atoms with E-state index in [1.165, 1.54) is 0 Å². The maximum atomic E-state index is 13.0. The number of anilines is 1. The van der Waals surface area contributed by atoms with Crippen molar-refractivity contribution in [3.8, 4) is 17.2 Å². The van der Waals surface area contributed by atoms with Gasteiger partial charge in [-0.25, -0.2) is 4.98 Å². The number of fused-ring (bicyclic) bond motifs is 2. The normalized spacial score (nSPS) is 11.1. The summed E-state index contributed by atoms with van der Waals surface area (Å²) in [6, 6.07) is 20.0. The van der Waals surface area contributed by atoms with E-state index in [0.29, 0.717) is 38.9 Å². The Kier molecular flexibility index (Phi) is 6.35. The standard InChI is InChI=1S/C28H22ClN3O3S/c1-3-16-10-11-24-23(13-16)31-27(35-24)21-14-17(12-15(2)25(21)33)30-28(36)32-26(34)20-8-4-7-19-18(20)6-5-9-22(19)29/h4-14,33H,3H2,1-2H3,(H2,30,32,34,36). The van der Waals surface area contributed by atoms with Gasteiger partial charge in [-0.1, -0.05) is 48.9 Å². The highest BCUT2D eigenvalue weighted by Crippen LogP contribution is 2.36. The van der Waals surface area contributed by atoms with E-state index in [1.807, 2.05) is 30.3 Å². The second-order valence-corrected chi connectivity index (χ2v) is 9.23. The molecule has 0 fully saturated rings. The fraction of sp³-hybridized carbons (Fsp3) is 0.107. The summed E-state index contributed by atoms with van der Waals surface area (Å²) in [6.07, 6.45) is 0.886. The van der Waals surface area contributed by atoms with Crippen LogP contribution < -0.4 is 10.6 Å². The first-order valence-electron chi connectivity index (χ1n) is 11.4. The summed E-state index contributed by atoms with van der Waals surface area (Å²) in [6.45, 7) is 3.84. The van der Waals surface area contributed by atoms with E-state index in [4.69, 9.17) is 28.2 Å². The van der Waals surface area contributed by atoms with Crippen molar-refractivity contribution in [2.45, 2.75) is 20.3 Å². The molecule has 1 aromatic heterocycles. The molecule has 0 atom stereocenters. The van der Waals surface area contributed by atoms with Gasteiger partial charge in [-0.05, 0) is 78.5 Å². The smallest absolute Gasteiger partial charge is 0.258 e. The molecule has 0 aliphatic heterocycles. The van der Waals surface area contributed by atoms with Crippen LogP contribution in [0.5, 0.6) is 5.75 Å². The van der Waals surface area contributed by atoms with Crippen LogP contribution in [0.15, 0.2) is 71.1 Å². The minimum Gasteiger partial charge on any atom is -0.507 e. The van der Waals surface area contributed by atoms with Crippen LogP contribution in [0.4, 0.5) is 5.69 Å². The van der Waals surface area contributed by atoms with Crippen molar-refractivity contribution in [1.82, 2.24) is 10.3 Å². The van der Waals surface area contributed by atoms with E-state index in [2.05, 4.69) is 22.5 Å². The van der Waals surface area contributed by atoms with Crippen molar-refractivity contribution in [2.24, 2.45) is 0 Å². The fourth-order valence-corrected chi connectivity index (χ4v) is 4.57. The van der Waals surface area contributed by atoms with Crippen LogP contribution in [0, 0.1) is 6.92 Å². The average Bonchev–Trinajstić information content (AvgIpc) is 3.29. The lowest BCUT2D eigenvalue weighted by atomic mass is 10.0. The Hall–Kier alpha value is -3.94. The molecule has 36 heavy (non-hydrogen) atoms. The van der Waals surface area contributed by atoms with Crippen molar-refractivity contribution in [2.75, 3.05) is 5.32 Å². The predicted molar refractivity (Wildman–Crippen MR) is 148 cm³/mol. The number of nitrogens with one attached hydrogen (secondary N) is 2. The van der Waals surface area contributed by atoms with Crippen LogP contribution in [0.25, 0.3) is 33.3 Å². The number of aromatic nitrogens is 1. The van der Waals surface area contributed by atoms with Gasteiger partial charge in [0.1, 0.15) is 11.3 Å². The first-order chi connectivity index (χ1) is 17.3. The molecule has 0 bridgehead atoms. The van der Waals surface area contributed by atoms with E-state index in [-0.39, 0.29) is 16.8 Å². The molecular weight excluding hydrogens is 494 g/mol. The number of phenolic OH excluding ortho intramolecular Hbond substituents is 1. The molecule has 4 aromatic carbocycles. The maximum Gasteiger partial charge on any atom is 0.258 e. The van der Waals surface area contributed by atoms with Crippen LogP contribution in [0.3, 0.4) is 0 Å². The molecule has 1 amide bonds. The van der Waals surface area contributed by atoms with Crippen molar-refractivity contribution in [3.63, 3.8) is 0 Å². The van der Waals surface area contributed by atoms with Gasteiger partial charge in [0.15, 0.2) is 10.7 Å². The zero-order chi connectivity index (χ0) is 25.4. The number of halogens is 1. The summed E-state index contributed by atoms with van der Waals surface area (Å²) < 4.78 is 5.91. The summed E-state index contributed by atoms with van der Waals surface area (Å²) >= 11 is 11.7. The van der Waals surface area contributed by atoms with E-state index in [0.717, 1.165) is 28.3 Å². The van der Waals surface area contributed by atoms with Crippen LogP contribution >= 0.6 is 23.8 Å². The number of amides is 1. The Morgan fingerprint density at radius 2 is 1.86 bits per heavy atom. The number of hydrogen-bond acceptors (Lipinski definition) is 5. The summed E-state index contributed by atoms with van der Waals surface area (Å²) in [4.78, 5) is 17.6. The third-order valence-electron chi connectivity index (χ3n) is 5.99. The zero-order valence-electron chi connectivity index (χ0n) is 19.6. The quantitative estimate of drug-likeness (QED) is 0.176. The number of carbonyl (C=O) groups is 1. The Morgan fingerprint density at radius 3 is 2.67 bits per heavy atom. The molecule has 5 aromatic rings. The number of carbonyl (C=O) groups excluding carboxylic acids is 1. The van der Waals surface area contributed by atoms with Crippen molar-refractivity contribution in [1.29, 1.82) is 0 Å². The minimum atomic E-state index is -0.359. The molecule has 0 aliphatic rings. The highest BCUT2D eigenvalue weighted by atomic mass is 35.5. The molecular formula is C28H22ClN3O3S. The highest BCUT2D eigenvalue weighted by Gasteiger charge is 2.17. The van der Waals surface area contributed by atoms with E-state index >= 15 is 0 Å². The van der Waals surface area contributed by atoms with Crippen LogP contribution in [-0.2, 0) is 6.42 Å². The molecule has 0 unspecified atom stereocenters. The second kappa shape index (κ2) is 9.60. The summed E-state index contributed by atoms with van der Waals surface area (Å²) in [7, 11) is 0. The molecule has 0 radical (unpaired) electrons. The zero-order valence-corrected chi connectivity index (χ0v) is 21.1. The number of benzene rings is 4. The first kappa shape index (κ1) is 23.8. The Labute approximate surface area is 217 Å². The molecule has 0 spiro atoms. The Bertz CT molecular complexity index is 1660. The van der Waals surface area contributed by atoms with Crippen LogP contribution in [0.1, 0.15) is 28.4 Å². The molecule has 3 N–H and O–H groups in total. The lowest BCUT2D eigenvalue weighted by Gasteiger charge is -2.13. The number of rotatable bonds is 4. The molecule has 180 valence electrons. The Balaban J connectivity index is 1.40. The summed E-state index contributed by atoms with van der Waals surface area (Å²) in [5.74, 6) is -0.00253. The second-order valence-electron chi connectivity index (χ2n) is 8.41. The summed E-state index contributed by atoms with van der Waals surface area (Å²) in [5, 5.41) is 18.7. The van der Waals surface area contributed by atoms with Crippen LogP contribution in [0.2, 0.25) is 5.02 Å². The van der Waals surface area contributed by atoms with Gasteiger partial charge in [-0.15, -0.1) is 0 Å². The largest absolute Gasteiger partial charge is 0.507 e. The van der Waals surface area contributed by atoms with E-state index < -0.39 is 0 Å². The number of aromatic hydroxyl groups is 1. The minimum absolute atomic E-state index is 0.0606. The number of thiocarbonyl (C=S) groups is 1. The average molecular weight is 516 g/mol. The third-order valence-corrected chi connectivity index (χ3v) is 6.52. The molecule has 0 aliphatic carbocycles. The molecule has 0 saturated heterocycles. The fourth-order valence-electron chi connectivity index (χ4n) is 4.13. The van der Waals surface area contributed by atoms with Crippen molar-refractivity contribution in [3.05, 3.63) is 88.4 Å². The number of hydrogen-bond donors (Lipinski definition) is 3. The van der Waals surface area contributed by atoms with Gasteiger partial charge in [-0.3, -0.25) is 10.1 Å². The van der Waals surface area contributed by atoms with E-state index in [9.17, 15) is 9.90 Å². The molecule has 8 heteroatoms. The number of phenols is 1. The van der Waals surface area contributed by atoms with Gasteiger partial charge in [0.05, 0.1) is 5.56 Å². The summed E-state index contributed by atoms with van der Waals surface area (Å²) in [5.41, 5.74) is 4.55.